The summed E-state index contributed by atoms with van der Waals surface area (Å²) in [7, 11) is 1.82. The molecule has 0 radical (unpaired) electrons. The van der Waals surface area contributed by atoms with Crippen LogP contribution in [0.1, 0.15) is 37.9 Å². The molecule has 2 aliphatic carbocycles. The lowest BCUT2D eigenvalue weighted by Gasteiger charge is -2.43. The van der Waals surface area contributed by atoms with Crippen molar-refractivity contribution in [2.24, 2.45) is 16.3 Å². The second-order valence-electron chi connectivity index (χ2n) is 5.85. The molecule has 1 heterocycles. The zero-order valence-corrected chi connectivity index (χ0v) is 14.4. The van der Waals surface area contributed by atoms with E-state index in [9.17, 15) is 0 Å². The SMILES string of the molecule is CN=C(NCc1ccco1)NCC1(C2CC2)CCC1.I. The van der Waals surface area contributed by atoms with Crippen LogP contribution in [-0.4, -0.2) is 19.6 Å². The highest BCUT2D eigenvalue weighted by molar-refractivity contribution is 14.0. The Balaban J connectivity index is 0.00000147. The minimum atomic E-state index is 0. The van der Waals surface area contributed by atoms with Gasteiger partial charge in [0.25, 0.3) is 0 Å². The fourth-order valence-corrected chi connectivity index (χ4v) is 3.12. The van der Waals surface area contributed by atoms with Crippen molar-refractivity contribution in [2.75, 3.05) is 13.6 Å². The molecule has 0 saturated heterocycles. The van der Waals surface area contributed by atoms with Crippen molar-refractivity contribution < 1.29 is 4.42 Å². The van der Waals surface area contributed by atoms with Gasteiger partial charge in [0.2, 0.25) is 0 Å². The Morgan fingerprint density at radius 2 is 2.20 bits per heavy atom. The van der Waals surface area contributed by atoms with Gasteiger partial charge in [-0.15, -0.1) is 24.0 Å². The maximum absolute atomic E-state index is 5.31. The van der Waals surface area contributed by atoms with Crippen molar-refractivity contribution in [3.63, 3.8) is 0 Å². The Morgan fingerprint density at radius 1 is 1.40 bits per heavy atom. The number of hydrogen-bond donors (Lipinski definition) is 2. The Kier molecular flexibility index (Phi) is 5.35. The summed E-state index contributed by atoms with van der Waals surface area (Å²) in [6, 6.07) is 3.88. The minimum absolute atomic E-state index is 0. The predicted octanol–water partition coefficient (Wildman–Crippen LogP) is 3.14. The molecule has 20 heavy (non-hydrogen) atoms. The molecule has 2 fully saturated rings. The highest BCUT2D eigenvalue weighted by atomic mass is 127. The van der Waals surface area contributed by atoms with Gasteiger partial charge in [0.15, 0.2) is 5.96 Å². The van der Waals surface area contributed by atoms with Crippen LogP contribution >= 0.6 is 24.0 Å². The van der Waals surface area contributed by atoms with Gasteiger partial charge < -0.3 is 15.1 Å². The second-order valence-corrected chi connectivity index (χ2v) is 5.85. The van der Waals surface area contributed by atoms with E-state index in [-0.39, 0.29) is 24.0 Å². The molecular weight excluding hydrogens is 365 g/mol. The van der Waals surface area contributed by atoms with Crippen molar-refractivity contribution in [1.29, 1.82) is 0 Å². The molecule has 1 aromatic heterocycles. The van der Waals surface area contributed by atoms with Gasteiger partial charge in [-0.05, 0) is 49.1 Å². The number of nitrogens with one attached hydrogen (secondary N) is 2. The van der Waals surface area contributed by atoms with Gasteiger partial charge in [-0.25, -0.2) is 0 Å². The summed E-state index contributed by atoms with van der Waals surface area (Å²) in [6.07, 6.45) is 8.74. The molecule has 0 aliphatic heterocycles. The van der Waals surface area contributed by atoms with Crippen molar-refractivity contribution in [3.05, 3.63) is 24.2 Å². The van der Waals surface area contributed by atoms with E-state index in [1.165, 1.54) is 32.1 Å². The fourth-order valence-electron chi connectivity index (χ4n) is 3.12. The third kappa shape index (κ3) is 3.48. The summed E-state index contributed by atoms with van der Waals surface area (Å²) in [6.45, 7) is 1.75. The molecule has 2 aliphatic rings. The number of halogens is 1. The van der Waals surface area contributed by atoms with Gasteiger partial charge >= 0.3 is 0 Å². The number of guanidine groups is 1. The smallest absolute Gasteiger partial charge is 0.191 e. The first kappa shape index (κ1) is 15.7. The van der Waals surface area contributed by atoms with Crippen LogP contribution in [0.4, 0.5) is 0 Å². The molecule has 0 aromatic carbocycles. The third-order valence-corrected chi connectivity index (χ3v) is 4.63. The van der Waals surface area contributed by atoms with Crippen LogP contribution in [0.15, 0.2) is 27.8 Å². The molecular formula is C15H24IN3O. The van der Waals surface area contributed by atoms with Crippen molar-refractivity contribution >= 4 is 29.9 Å². The number of aliphatic imine (C=N–C) groups is 1. The van der Waals surface area contributed by atoms with Crippen molar-refractivity contribution in [2.45, 2.75) is 38.6 Å². The third-order valence-electron chi connectivity index (χ3n) is 4.63. The van der Waals surface area contributed by atoms with Crippen LogP contribution in [0.25, 0.3) is 0 Å². The van der Waals surface area contributed by atoms with Crippen LogP contribution in [0.3, 0.4) is 0 Å². The summed E-state index contributed by atoms with van der Waals surface area (Å²) in [5.41, 5.74) is 0.572. The predicted molar refractivity (Wildman–Crippen MR) is 91.3 cm³/mol. The molecule has 1 aromatic rings. The first-order valence-corrected chi connectivity index (χ1v) is 7.29. The Labute approximate surface area is 137 Å². The van der Waals surface area contributed by atoms with Crippen LogP contribution in [0.5, 0.6) is 0 Å². The van der Waals surface area contributed by atoms with Crippen LogP contribution in [-0.2, 0) is 6.54 Å². The van der Waals surface area contributed by atoms with Gasteiger partial charge in [-0.3, -0.25) is 4.99 Å². The first-order chi connectivity index (χ1) is 9.32. The Hall–Kier alpha value is -0.720. The topological polar surface area (TPSA) is 49.6 Å². The van der Waals surface area contributed by atoms with E-state index in [0.29, 0.717) is 12.0 Å². The van der Waals surface area contributed by atoms with E-state index >= 15 is 0 Å². The highest BCUT2D eigenvalue weighted by Gasteiger charge is 2.48. The molecule has 3 rings (SSSR count). The highest BCUT2D eigenvalue weighted by Crippen LogP contribution is 2.56. The molecule has 2 saturated carbocycles. The lowest BCUT2D eigenvalue weighted by Crippen LogP contribution is -2.47. The molecule has 112 valence electrons. The molecule has 4 nitrogen and oxygen atoms in total. The van der Waals surface area contributed by atoms with Gasteiger partial charge in [-0.2, -0.15) is 0 Å². The molecule has 0 bridgehead atoms. The van der Waals surface area contributed by atoms with E-state index < -0.39 is 0 Å². The Bertz CT molecular complexity index is 436. The summed E-state index contributed by atoms with van der Waals surface area (Å²) in [5.74, 6) is 2.78. The molecule has 0 unspecified atom stereocenters. The standard InChI is InChI=1S/C15H23N3O.HI/c1-16-14(17-10-13-4-2-9-19-13)18-11-15(7-3-8-15)12-5-6-12;/h2,4,9,12H,3,5-8,10-11H2,1H3,(H2,16,17,18);1H. The van der Waals surface area contributed by atoms with E-state index in [4.69, 9.17) is 4.42 Å². The van der Waals surface area contributed by atoms with Gasteiger partial charge in [0.1, 0.15) is 5.76 Å². The van der Waals surface area contributed by atoms with Crippen molar-refractivity contribution in [1.82, 2.24) is 10.6 Å². The Morgan fingerprint density at radius 3 is 2.70 bits per heavy atom. The number of rotatable bonds is 5. The fraction of sp³-hybridized carbons (Fsp3) is 0.667. The average Bonchev–Trinajstić information content (AvgIpc) is 3.08. The second kappa shape index (κ2) is 6.83. The van der Waals surface area contributed by atoms with E-state index in [2.05, 4.69) is 15.6 Å². The maximum atomic E-state index is 5.31. The molecule has 0 atom stereocenters. The summed E-state index contributed by atoms with van der Waals surface area (Å²) in [4.78, 5) is 4.28. The summed E-state index contributed by atoms with van der Waals surface area (Å²) >= 11 is 0. The summed E-state index contributed by atoms with van der Waals surface area (Å²) in [5, 5.41) is 6.79. The monoisotopic (exact) mass is 389 g/mol. The lowest BCUT2D eigenvalue weighted by atomic mass is 9.65. The normalized spacial score (nSPS) is 20.8. The minimum Gasteiger partial charge on any atom is -0.467 e. The van der Waals surface area contributed by atoms with E-state index in [1.54, 1.807) is 6.26 Å². The number of furan rings is 1. The average molecular weight is 389 g/mol. The van der Waals surface area contributed by atoms with Crippen LogP contribution < -0.4 is 10.6 Å². The zero-order chi connectivity index (χ0) is 13.1. The quantitative estimate of drug-likeness (QED) is 0.462. The number of nitrogens with zero attached hydrogens (tertiary/aromatic N) is 1. The van der Waals surface area contributed by atoms with Crippen molar-refractivity contribution in [3.8, 4) is 0 Å². The first-order valence-electron chi connectivity index (χ1n) is 7.29. The van der Waals surface area contributed by atoms with Crippen LogP contribution in [0, 0.1) is 11.3 Å². The lowest BCUT2D eigenvalue weighted by molar-refractivity contribution is 0.106. The molecule has 5 heteroatoms. The molecule has 2 N–H and O–H groups in total. The van der Waals surface area contributed by atoms with E-state index in [0.717, 1.165) is 24.2 Å². The maximum Gasteiger partial charge on any atom is 0.191 e. The molecule has 0 amide bonds. The van der Waals surface area contributed by atoms with E-state index in [1.807, 2.05) is 19.2 Å². The van der Waals surface area contributed by atoms with Crippen LogP contribution in [0.2, 0.25) is 0 Å². The largest absolute Gasteiger partial charge is 0.467 e. The number of hydrogen-bond acceptors (Lipinski definition) is 2. The van der Waals surface area contributed by atoms with Gasteiger partial charge in [0, 0.05) is 13.6 Å². The zero-order valence-electron chi connectivity index (χ0n) is 12.0. The molecule has 0 spiro atoms. The van der Waals surface area contributed by atoms with Gasteiger partial charge in [0.05, 0.1) is 12.8 Å². The summed E-state index contributed by atoms with van der Waals surface area (Å²) < 4.78 is 5.31. The van der Waals surface area contributed by atoms with Gasteiger partial charge in [-0.1, -0.05) is 6.42 Å².